The Morgan fingerprint density at radius 1 is 1.36 bits per heavy atom. The van der Waals surface area contributed by atoms with Gasteiger partial charge in [-0.2, -0.15) is 0 Å². The molecule has 1 saturated carbocycles. The van der Waals surface area contributed by atoms with Crippen molar-refractivity contribution in [1.82, 2.24) is 5.32 Å². The Labute approximate surface area is 85.9 Å². The predicted octanol–water partition coefficient (Wildman–Crippen LogP) is 2.02. The lowest BCUT2D eigenvalue weighted by molar-refractivity contribution is -0.136. The van der Waals surface area contributed by atoms with Crippen LogP contribution in [-0.2, 0) is 4.79 Å². The minimum atomic E-state index is -0.709. The van der Waals surface area contributed by atoms with E-state index in [0.29, 0.717) is 18.5 Å². The fourth-order valence-electron chi connectivity index (χ4n) is 2.16. The Kier molecular flexibility index (Phi) is 4.94. The molecule has 0 heterocycles. The van der Waals surface area contributed by atoms with E-state index in [-0.39, 0.29) is 6.42 Å². The lowest BCUT2D eigenvalue weighted by atomic mass is 9.97. The largest absolute Gasteiger partial charge is 0.481 e. The van der Waals surface area contributed by atoms with E-state index in [1.807, 2.05) is 0 Å². The van der Waals surface area contributed by atoms with Crippen LogP contribution in [0.1, 0.15) is 45.4 Å². The van der Waals surface area contributed by atoms with E-state index in [1.165, 1.54) is 32.1 Å². The van der Waals surface area contributed by atoms with Crippen molar-refractivity contribution < 1.29 is 9.90 Å². The summed E-state index contributed by atoms with van der Waals surface area (Å²) in [5.74, 6) is -0.00919. The van der Waals surface area contributed by atoms with Crippen molar-refractivity contribution in [3.05, 3.63) is 0 Å². The molecule has 0 radical (unpaired) electrons. The van der Waals surface area contributed by atoms with Gasteiger partial charge in [-0.1, -0.05) is 26.2 Å². The van der Waals surface area contributed by atoms with Crippen LogP contribution in [0.4, 0.5) is 0 Å². The number of carboxylic acids is 1. The second kappa shape index (κ2) is 6.02. The molecule has 1 fully saturated rings. The lowest BCUT2D eigenvalue weighted by Crippen LogP contribution is -2.35. The van der Waals surface area contributed by atoms with Crippen LogP contribution in [0, 0.1) is 5.92 Å². The number of aliphatic carboxylic acids is 1. The Balaban J connectivity index is 2.22. The van der Waals surface area contributed by atoms with Crippen LogP contribution in [0.3, 0.4) is 0 Å². The minimum Gasteiger partial charge on any atom is -0.481 e. The highest BCUT2D eigenvalue weighted by atomic mass is 16.4. The number of hydrogen-bond acceptors (Lipinski definition) is 2. The summed E-state index contributed by atoms with van der Waals surface area (Å²) < 4.78 is 0. The summed E-state index contributed by atoms with van der Waals surface area (Å²) in [5, 5.41) is 11.9. The van der Waals surface area contributed by atoms with Gasteiger partial charge in [-0.3, -0.25) is 4.79 Å². The first kappa shape index (κ1) is 11.5. The van der Waals surface area contributed by atoms with Crippen molar-refractivity contribution in [3.8, 4) is 0 Å². The molecule has 3 heteroatoms. The number of nitrogens with one attached hydrogen (secondary N) is 1. The molecule has 14 heavy (non-hydrogen) atoms. The Hall–Kier alpha value is -0.570. The average molecular weight is 199 g/mol. The molecule has 1 aliphatic carbocycles. The normalized spacial score (nSPS) is 28.4. The highest BCUT2D eigenvalue weighted by Gasteiger charge is 2.18. The molecule has 0 bridgehead atoms. The summed E-state index contributed by atoms with van der Waals surface area (Å²) in [4.78, 5) is 10.4. The lowest BCUT2D eigenvalue weighted by Gasteiger charge is -2.22. The SMILES string of the molecule is CC1CCCCCC1NCCC(=O)O. The van der Waals surface area contributed by atoms with Gasteiger partial charge in [0.05, 0.1) is 6.42 Å². The minimum absolute atomic E-state index is 0.239. The van der Waals surface area contributed by atoms with Crippen LogP contribution in [-0.4, -0.2) is 23.7 Å². The van der Waals surface area contributed by atoms with Gasteiger partial charge in [0.25, 0.3) is 0 Å². The van der Waals surface area contributed by atoms with E-state index in [2.05, 4.69) is 12.2 Å². The maximum atomic E-state index is 10.4. The Morgan fingerprint density at radius 3 is 2.79 bits per heavy atom. The number of rotatable bonds is 4. The maximum absolute atomic E-state index is 10.4. The van der Waals surface area contributed by atoms with Gasteiger partial charge in [0.1, 0.15) is 0 Å². The molecule has 2 atom stereocenters. The molecule has 0 amide bonds. The van der Waals surface area contributed by atoms with E-state index in [4.69, 9.17) is 5.11 Å². The van der Waals surface area contributed by atoms with Crippen molar-refractivity contribution in [3.63, 3.8) is 0 Å². The van der Waals surface area contributed by atoms with E-state index < -0.39 is 5.97 Å². The summed E-state index contributed by atoms with van der Waals surface area (Å²) in [7, 11) is 0. The van der Waals surface area contributed by atoms with Gasteiger partial charge in [-0.05, 0) is 18.8 Å². The molecule has 1 rings (SSSR count). The van der Waals surface area contributed by atoms with Crippen LogP contribution in [0.15, 0.2) is 0 Å². The Morgan fingerprint density at radius 2 is 2.07 bits per heavy atom. The van der Waals surface area contributed by atoms with Gasteiger partial charge >= 0.3 is 5.97 Å². The molecule has 0 aromatic rings. The van der Waals surface area contributed by atoms with Crippen LogP contribution in [0.2, 0.25) is 0 Å². The summed E-state index contributed by atoms with van der Waals surface area (Å²) in [6, 6.07) is 0.539. The molecule has 0 aliphatic heterocycles. The molecule has 0 saturated heterocycles. The number of hydrogen-bond donors (Lipinski definition) is 2. The predicted molar refractivity (Wildman–Crippen MR) is 56.3 cm³/mol. The van der Waals surface area contributed by atoms with E-state index in [9.17, 15) is 4.79 Å². The van der Waals surface area contributed by atoms with Crippen LogP contribution < -0.4 is 5.32 Å². The molecule has 82 valence electrons. The second-order valence-corrected chi connectivity index (χ2v) is 4.32. The van der Waals surface area contributed by atoms with Crippen LogP contribution >= 0.6 is 0 Å². The molecule has 0 spiro atoms. The van der Waals surface area contributed by atoms with Crippen molar-refractivity contribution in [1.29, 1.82) is 0 Å². The summed E-state index contributed by atoms with van der Waals surface area (Å²) in [5.41, 5.74) is 0. The molecule has 2 unspecified atom stereocenters. The fraction of sp³-hybridized carbons (Fsp3) is 0.909. The van der Waals surface area contributed by atoms with Crippen molar-refractivity contribution in [2.24, 2.45) is 5.92 Å². The molecule has 1 aliphatic rings. The summed E-state index contributed by atoms with van der Waals surface area (Å²) >= 11 is 0. The van der Waals surface area contributed by atoms with E-state index in [0.717, 1.165) is 0 Å². The molecular formula is C11H21NO2. The third-order valence-corrected chi connectivity index (χ3v) is 3.11. The van der Waals surface area contributed by atoms with Gasteiger partial charge in [0, 0.05) is 12.6 Å². The van der Waals surface area contributed by atoms with Gasteiger partial charge in [0.15, 0.2) is 0 Å². The maximum Gasteiger partial charge on any atom is 0.304 e. The highest BCUT2D eigenvalue weighted by molar-refractivity contribution is 5.66. The Bertz CT molecular complexity index is 182. The van der Waals surface area contributed by atoms with Crippen LogP contribution in [0.5, 0.6) is 0 Å². The standard InChI is InChI=1S/C11H21NO2/c1-9-5-3-2-4-6-10(9)12-8-7-11(13)14/h9-10,12H,2-8H2,1H3,(H,13,14). The highest BCUT2D eigenvalue weighted by Crippen LogP contribution is 2.22. The third-order valence-electron chi connectivity index (χ3n) is 3.11. The van der Waals surface area contributed by atoms with Gasteiger partial charge in [-0.25, -0.2) is 0 Å². The average Bonchev–Trinajstić information content (AvgIpc) is 2.31. The summed E-state index contributed by atoms with van der Waals surface area (Å²) in [6.45, 7) is 2.88. The zero-order chi connectivity index (χ0) is 10.4. The number of carbonyl (C=O) groups is 1. The van der Waals surface area contributed by atoms with Crippen molar-refractivity contribution >= 4 is 5.97 Å². The quantitative estimate of drug-likeness (QED) is 0.681. The molecule has 2 N–H and O–H groups in total. The third kappa shape index (κ3) is 4.09. The van der Waals surface area contributed by atoms with Crippen LogP contribution in [0.25, 0.3) is 0 Å². The fourth-order valence-corrected chi connectivity index (χ4v) is 2.16. The first-order chi connectivity index (χ1) is 6.70. The zero-order valence-corrected chi connectivity index (χ0v) is 8.96. The molecule has 0 aromatic carbocycles. The summed E-state index contributed by atoms with van der Waals surface area (Å²) in [6.07, 6.45) is 6.68. The first-order valence-corrected chi connectivity index (χ1v) is 5.65. The zero-order valence-electron chi connectivity index (χ0n) is 8.96. The molecule has 3 nitrogen and oxygen atoms in total. The van der Waals surface area contributed by atoms with Gasteiger partial charge in [0.2, 0.25) is 0 Å². The van der Waals surface area contributed by atoms with E-state index in [1.54, 1.807) is 0 Å². The second-order valence-electron chi connectivity index (χ2n) is 4.32. The monoisotopic (exact) mass is 199 g/mol. The van der Waals surface area contributed by atoms with Gasteiger partial charge < -0.3 is 10.4 Å². The molecule has 0 aromatic heterocycles. The van der Waals surface area contributed by atoms with Gasteiger partial charge in [-0.15, -0.1) is 0 Å². The molecular weight excluding hydrogens is 178 g/mol. The smallest absolute Gasteiger partial charge is 0.304 e. The topological polar surface area (TPSA) is 49.3 Å². The van der Waals surface area contributed by atoms with Crippen molar-refractivity contribution in [2.75, 3.05) is 6.54 Å². The number of carboxylic acid groups (broad SMARTS) is 1. The first-order valence-electron chi connectivity index (χ1n) is 5.65. The van der Waals surface area contributed by atoms with Crippen molar-refractivity contribution in [2.45, 2.75) is 51.5 Å². The van der Waals surface area contributed by atoms with E-state index >= 15 is 0 Å².